The molecule has 0 aliphatic rings. The number of hydrazone groups is 1. The number of hydrogen-bond acceptors (Lipinski definition) is 3. The molecule has 0 saturated carbocycles. The largest absolute Gasteiger partial charge is 0.412 e. The first-order valence-corrected chi connectivity index (χ1v) is 5.25. The molecule has 0 aliphatic carbocycles. The highest BCUT2D eigenvalue weighted by atomic mass is 19.1. The van der Waals surface area contributed by atoms with Crippen molar-refractivity contribution >= 4 is 12.1 Å². The van der Waals surface area contributed by atoms with Crippen LogP contribution >= 0.6 is 0 Å². The molecule has 6 heteroatoms. The average molecular weight is 261 g/mol. The highest BCUT2D eigenvalue weighted by Crippen LogP contribution is 2.00. The number of rotatable bonds is 3. The molecule has 1 heterocycles. The van der Waals surface area contributed by atoms with Crippen molar-refractivity contribution in [3.63, 3.8) is 0 Å². The third kappa shape index (κ3) is 4.29. The lowest BCUT2D eigenvalue weighted by atomic mass is 10.2. The van der Waals surface area contributed by atoms with Gasteiger partial charge in [-0.05, 0) is 29.8 Å². The molecule has 0 spiro atoms. The van der Waals surface area contributed by atoms with Crippen LogP contribution < -0.4 is 5.43 Å². The molecule has 0 radical (unpaired) electrons. The molecule has 1 aromatic carbocycles. The van der Waals surface area contributed by atoms with E-state index in [9.17, 15) is 9.18 Å². The van der Waals surface area contributed by atoms with E-state index in [1.54, 1.807) is 24.3 Å². The van der Waals surface area contributed by atoms with Crippen molar-refractivity contribution in [2.45, 2.75) is 0 Å². The van der Waals surface area contributed by atoms with Gasteiger partial charge in [0, 0.05) is 18.0 Å². The van der Waals surface area contributed by atoms with Gasteiger partial charge in [0.2, 0.25) is 0 Å². The van der Waals surface area contributed by atoms with Crippen molar-refractivity contribution in [3.8, 4) is 0 Å². The van der Waals surface area contributed by atoms with Crippen molar-refractivity contribution in [2.75, 3.05) is 0 Å². The van der Waals surface area contributed by atoms with Crippen LogP contribution in [-0.2, 0) is 0 Å². The fourth-order valence-corrected chi connectivity index (χ4v) is 1.28. The summed E-state index contributed by atoms with van der Waals surface area (Å²) in [6, 6.07) is 8.96. The number of aromatic nitrogens is 1. The highest BCUT2D eigenvalue weighted by molar-refractivity contribution is 5.94. The second-order valence-electron chi connectivity index (χ2n) is 3.49. The van der Waals surface area contributed by atoms with E-state index in [4.69, 9.17) is 0 Å². The Morgan fingerprint density at radius 3 is 2.42 bits per heavy atom. The minimum absolute atomic E-state index is 0. The Balaban J connectivity index is 0.00000180. The molecule has 19 heavy (non-hydrogen) atoms. The van der Waals surface area contributed by atoms with E-state index in [-0.39, 0.29) is 17.2 Å². The van der Waals surface area contributed by atoms with Gasteiger partial charge in [-0.2, -0.15) is 5.10 Å². The van der Waals surface area contributed by atoms with Crippen LogP contribution in [0.3, 0.4) is 0 Å². The van der Waals surface area contributed by atoms with E-state index in [2.05, 4.69) is 15.5 Å². The Hall–Kier alpha value is -2.60. The normalized spacial score (nSPS) is 9.95. The summed E-state index contributed by atoms with van der Waals surface area (Å²) in [6.07, 6.45) is 4.50. The molecule has 1 amide bonds. The smallest absolute Gasteiger partial charge is 0.271 e. The Labute approximate surface area is 109 Å². The zero-order chi connectivity index (χ0) is 12.8. The van der Waals surface area contributed by atoms with Gasteiger partial charge in [0.1, 0.15) is 5.82 Å². The average Bonchev–Trinajstić information content (AvgIpc) is 2.42. The zero-order valence-electron chi connectivity index (χ0n) is 9.88. The predicted molar refractivity (Wildman–Crippen MR) is 69.3 cm³/mol. The molecule has 0 saturated heterocycles. The first kappa shape index (κ1) is 14.5. The Kier molecular flexibility index (Phi) is 5.31. The second-order valence-corrected chi connectivity index (χ2v) is 3.49. The number of benzene rings is 1. The van der Waals surface area contributed by atoms with Crippen LogP contribution in [-0.4, -0.2) is 22.6 Å². The van der Waals surface area contributed by atoms with Crippen LogP contribution in [0.2, 0.25) is 0 Å². The predicted octanol–water partition coefficient (Wildman–Crippen LogP) is 1.16. The van der Waals surface area contributed by atoms with Gasteiger partial charge in [0.25, 0.3) is 5.91 Å². The summed E-state index contributed by atoms with van der Waals surface area (Å²) in [5.74, 6) is -0.635. The van der Waals surface area contributed by atoms with Crippen LogP contribution in [0.5, 0.6) is 0 Å². The van der Waals surface area contributed by atoms with E-state index in [0.717, 1.165) is 0 Å². The maximum atomic E-state index is 12.6. The SMILES string of the molecule is O.O=C(N/N=C/c1ccc(F)cc1)c1ccncc1. The standard InChI is InChI=1S/C13H10FN3O.H2O/c14-12-3-1-10(2-4-12)9-16-17-13(18)11-5-7-15-8-6-11;/h1-9H,(H,17,18);1H2/b16-9+;. The molecule has 98 valence electrons. The van der Waals surface area contributed by atoms with E-state index < -0.39 is 0 Å². The topological polar surface area (TPSA) is 85.9 Å². The van der Waals surface area contributed by atoms with Crippen LogP contribution in [0.4, 0.5) is 4.39 Å². The molecular weight excluding hydrogens is 249 g/mol. The summed E-state index contributed by atoms with van der Waals surface area (Å²) in [5, 5.41) is 3.78. The van der Waals surface area contributed by atoms with E-state index in [1.165, 1.54) is 30.7 Å². The van der Waals surface area contributed by atoms with Crippen molar-refractivity contribution in [1.29, 1.82) is 0 Å². The molecule has 0 bridgehead atoms. The van der Waals surface area contributed by atoms with Crippen molar-refractivity contribution in [1.82, 2.24) is 10.4 Å². The van der Waals surface area contributed by atoms with Gasteiger partial charge in [-0.1, -0.05) is 12.1 Å². The maximum absolute atomic E-state index is 12.6. The van der Waals surface area contributed by atoms with Crippen molar-refractivity contribution in [2.24, 2.45) is 5.10 Å². The number of halogens is 1. The minimum atomic E-state index is -0.323. The molecule has 0 fully saturated rings. The fourth-order valence-electron chi connectivity index (χ4n) is 1.28. The number of nitrogens with one attached hydrogen (secondary N) is 1. The van der Waals surface area contributed by atoms with Gasteiger partial charge in [-0.25, -0.2) is 9.82 Å². The van der Waals surface area contributed by atoms with Crippen LogP contribution in [0.25, 0.3) is 0 Å². The number of nitrogens with zero attached hydrogens (tertiary/aromatic N) is 2. The molecule has 2 aromatic rings. The Morgan fingerprint density at radius 1 is 1.16 bits per heavy atom. The van der Waals surface area contributed by atoms with Crippen LogP contribution in [0.1, 0.15) is 15.9 Å². The van der Waals surface area contributed by atoms with Crippen molar-refractivity contribution < 1.29 is 14.7 Å². The van der Waals surface area contributed by atoms with Gasteiger partial charge in [-0.3, -0.25) is 9.78 Å². The van der Waals surface area contributed by atoms with E-state index in [1.807, 2.05) is 0 Å². The fraction of sp³-hybridized carbons (Fsp3) is 0. The number of hydrogen-bond donors (Lipinski definition) is 1. The zero-order valence-corrected chi connectivity index (χ0v) is 9.88. The van der Waals surface area contributed by atoms with Gasteiger partial charge in [0.05, 0.1) is 6.21 Å². The quantitative estimate of drug-likeness (QED) is 0.664. The van der Waals surface area contributed by atoms with Crippen molar-refractivity contribution in [3.05, 3.63) is 65.7 Å². The van der Waals surface area contributed by atoms with Gasteiger partial charge < -0.3 is 5.48 Å². The minimum Gasteiger partial charge on any atom is -0.412 e. The number of amides is 1. The summed E-state index contributed by atoms with van der Waals surface area (Å²) in [5.41, 5.74) is 3.54. The molecular formula is C13H12FN3O2. The van der Waals surface area contributed by atoms with E-state index in [0.29, 0.717) is 11.1 Å². The molecule has 2 rings (SSSR count). The summed E-state index contributed by atoms with van der Waals surface area (Å²) < 4.78 is 12.6. The summed E-state index contributed by atoms with van der Waals surface area (Å²) in [7, 11) is 0. The van der Waals surface area contributed by atoms with Gasteiger partial charge >= 0.3 is 0 Å². The third-order valence-corrected chi connectivity index (χ3v) is 2.19. The lowest BCUT2D eigenvalue weighted by Crippen LogP contribution is -2.17. The highest BCUT2D eigenvalue weighted by Gasteiger charge is 2.01. The second kappa shape index (κ2) is 6.97. The third-order valence-electron chi connectivity index (χ3n) is 2.19. The summed E-state index contributed by atoms with van der Waals surface area (Å²) in [4.78, 5) is 15.4. The monoisotopic (exact) mass is 261 g/mol. The molecule has 0 aliphatic heterocycles. The van der Waals surface area contributed by atoms with Crippen LogP contribution in [0.15, 0.2) is 53.9 Å². The molecule has 5 nitrogen and oxygen atoms in total. The van der Waals surface area contributed by atoms with E-state index >= 15 is 0 Å². The molecule has 1 aromatic heterocycles. The van der Waals surface area contributed by atoms with Gasteiger partial charge in [0.15, 0.2) is 0 Å². The Bertz CT molecular complexity index is 556. The number of pyridine rings is 1. The lowest BCUT2D eigenvalue weighted by Gasteiger charge is -1.98. The van der Waals surface area contributed by atoms with Crippen LogP contribution in [0, 0.1) is 5.82 Å². The first-order valence-electron chi connectivity index (χ1n) is 5.25. The lowest BCUT2D eigenvalue weighted by molar-refractivity contribution is 0.0955. The molecule has 3 N–H and O–H groups in total. The first-order chi connectivity index (χ1) is 8.75. The number of carbonyl (C=O) groups is 1. The summed E-state index contributed by atoms with van der Waals surface area (Å²) >= 11 is 0. The molecule has 0 unspecified atom stereocenters. The summed E-state index contributed by atoms with van der Waals surface area (Å²) in [6.45, 7) is 0. The number of carbonyl (C=O) groups excluding carboxylic acids is 1. The Morgan fingerprint density at radius 2 is 1.79 bits per heavy atom. The maximum Gasteiger partial charge on any atom is 0.271 e. The molecule has 0 atom stereocenters. The van der Waals surface area contributed by atoms with Gasteiger partial charge in [-0.15, -0.1) is 0 Å².